The molecule has 8 heteroatoms. The minimum atomic E-state index is -1.03. The molecule has 2 heterocycles. The molecule has 0 saturated carbocycles. The number of hydrogen-bond donors (Lipinski definition) is 1. The second-order valence-electron chi connectivity index (χ2n) is 5.92. The number of aromatic nitrogens is 1. The fourth-order valence-electron chi connectivity index (χ4n) is 2.78. The summed E-state index contributed by atoms with van der Waals surface area (Å²) in [6.07, 6.45) is 1.67. The first-order chi connectivity index (χ1) is 13.4. The van der Waals surface area contributed by atoms with Crippen LogP contribution in [-0.2, 0) is 4.79 Å². The van der Waals surface area contributed by atoms with Gasteiger partial charge in [-0.05, 0) is 42.5 Å². The number of nitrogens with zero attached hydrogens (tertiary/aromatic N) is 2. The lowest BCUT2D eigenvalue weighted by Crippen LogP contribution is -2.27. The third kappa shape index (κ3) is 3.40. The van der Waals surface area contributed by atoms with Gasteiger partial charge in [0.15, 0.2) is 4.32 Å². The van der Waals surface area contributed by atoms with Gasteiger partial charge in [-0.25, -0.2) is 9.78 Å². The maximum absolute atomic E-state index is 12.8. The molecule has 3 aromatic rings. The van der Waals surface area contributed by atoms with E-state index in [0.717, 1.165) is 5.39 Å². The number of para-hydroxylation sites is 1. The molecule has 0 aliphatic carbocycles. The summed E-state index contributed by atoms with van der Waals surface area (Å²) in [5.74, 6) is -1.31. The largest absolute Gasteiger partial charge is 0.478 e. The van der Waals surface area contributed by atoms with Crippen LogP contribution < -0.4 is 4.90 Å². The molecule has 4 rings (SSSR count). The summed E-state index contributed by atoms with van der Waals surface area (Å²) in [7, 11) is 0. The highest BCUT2D eigenvalue weighted by atomic mass is 35.5. The van der Waals surface area contributed by atoms with Gasteiger partial charge in [-0.3, -0.25) is 9.69 Å². The third-order valence-corrected chi connectivity index (χ3v) is 5.74. The van der Waals surface area contributed by atoms with Gasteiger partial charge in [-0.1, -0.05) is 53.8 Å². The van der Waals surface area contributed by atoms with Gasteiger partial charge in [0, 0.05) is 5.39 Å². The highest BCUT2D eigenvalue weighted by Crippen LogP contribution is 2.36. The molecule has 1 N–H and O–H groups in total. The van der Waals surface area contributed by atoms with Crippen molar-refractivity contribution in [1.29, 1.82) is 0 Å². The van der Waals surface area contributed by atoms with Crippen molar-refractivity contribution in [3.8, 4) is 0 Å². The Kier molecular flexibility index (Phi) is 4.89. The summed E-state index contributed by atoms with van der Waals surface area (Å²) in [5, 5.41) is 10.5. The standard InChI is InChI=1S/C20H11ClN2O3S2/c21-15-3-1-2-11-4-7-13(22-17(11)15)10-16-18(24)23(20(27)28-16)14-8-5-12(6-9-14)19(25)26/h1-10H,(H,25,26)/b16-10+. The van der Waals surface area contributed by atoms with Crippen molar-refractivity contribution in [3.05, 3.63) is 75.8 Å². The average molecular weight is 427 g/mol. The minimum Gasteiger partial charge on any atom is -0.478 e. The maximum atomic E-state index is 12.8. The molecular weight excluding hydrogens is 416 g/mol. The van der Waals surface area contributed by atoms with E-state index >= 15 is 0 Å². The molecule has 0 bridgehead atoms. The van der Waals surface area contributed by atoms with E-state index in [2.05, 4.69) is 4.98 Å². The number of halogens is 1. The van der Waals surface area contributed by atoms with Crippen molar-refractivity contribution in [2.45, 2.75) is 0 Å². The predicted molar refractivity (Wildman–Crippen MR) is 116 cm³/mol. The van der Waals surface area contributed by atoms with Crippen molar-refractivity contribution in [1.82, 2.24) is 4.98 Å². The van der Waals surface area contributed by atoms with Crippen molar-refractivity contribution in [2.75, 3.05) is 4.90 Å². The van der Waals surface area contributed by atoms with E-state index in [1.807, 2.05) is 24.3 Å². The van der Waals surface area contributed by atoms with E-state index in [1.165, 1.54) is 28.8 Å². The van der Waals surface area contributed by atoms with Crippen LogP contribution in [0, 0.1) is 0 Å². The van der Waals surface area contributed by atoms with Crippen LogP contribution in [0.4, 0.5) is 5.69 Å². The predicted octanol–water partition coefficient (Wildman–Crippen LogP) is 4.99. The zero-order valence-corrected chi connectivity index (χ0v) is 16.5. The number of carbonyl (C=O) groups is 2. The molecule has 138 valence electrons. The third-order valence-electron chi connectivity index (χ3n) is 4.14. The maximum Gasteiger partial charge on any atom is 0.335 e. The number of rotatable bonds is 3. The minimum absolute atomic E-state index is 0.141. The quantitative estimate of drug-likeness (QED) is 0.470. The van der Waals surface area contributed by atoms with Gasteiger partial charge in [0.25, 0.3) is 5.91 Å². The molecule has 1 fully saturated rings. The Morgan fingerprint density at radius 2 is 1.89 bits per heavy atom. The molecule has 5 nitrogen and oxygen atoms in total. The summed E-state index contributed by atoms with van der Waals surface area (Å²) in [6, 6.07) is 15.2. The first kappa shape index (κ1) is 18.6. The van der Waals surface area contributed by atoms with Crippen molar-refractivity contribution in [3.63, 3.8) is 0 Å². The fraction of sp³-hybridized carbons (Fsp3) is 0. The van der Waals surface area contributed by atoms with E-state index in [-0.39, 0.29) is 11.5 Å². The number of aromatic carboxylic acids is 1. The number of thiocarbonyl (C=S) groups is 1. The van der Waals surface area contributed by atoms with E-state index in [0.29, 0.717) is 31.1 Å². The summed E-state index contributed by atoms with van der Waals surface area (Å²) in [5.41, 5.74) is 1.92. The lowest BCUT2D eigenvalue weighted by atomic mass is 10.2. The smallest absolute Gasteiger partial charge is 0.335 e. The van der Waals surface area contributed by atoms with Gasteiger partial charge in [-0.15, -0.1) is 0 Å². The van der Waals surface area contributed by atoms with E-state index in [4.69, 9.17) is 28.9 Å². The molecule has 0 spiro atoms. The first-order valence-electron chi connectivity index (χ1n) is 8.10. The second-order valence-corrected chi connectivity index (χ2v) is 8.00. The number of fused-ring (bicyclic) bond motifs is 1. The van der Waals surface area contributed by atoms with Crippen LogP contribution in [0.25, 0.3) is 17.0 Å². The van der Waals surface area contributed by atoms with E-state index < -0.39 is 5.97 Å². The highest BCUT2D eigenvalue weighted by molar-refractivity contribution is 8.27. The van der Waals surface area contributed by atoms with Crippen molar-refractivity contribution >= 4 is 74.4 Å². The van der Waals surface area contributed by atoms with E-state index in [9.17, 15) is 9.59 Å². The number of pyridine rings is 1. The number of anilines is 1. The molecular formula is C20H11ClN2O3S2. The normalized spacial score (nSPS) is 15.6. The lowest BCUT2D eigenvalue weighted by Gasteiger charge is -2.14. The number of carboxylic acids is 1. The van der Waals surface area contributed by atoms with Gasteiger partial charge in [0.1, 0.15) is 0 Å². The summed E-state index contributed by atoms with van der Waals surface area (Å²) >= 11 is 12.7. The number of benzene rings is 2. The van der Waals surface area contributed by atoms with E-state index in [1.54, 1.807) is 24.3 Å². The monoisotopic (exact) mass is 426 g/mol. The molecule has 0 unspecified atom stereocenters. The first-order valence-corrected chi connectivity index (χ1v) is 9.71. The number of carboxylic acid groups (broad SMARTS) is 1. The van der Waals surface area contributed by atoms with Gasteiger partial charge in [0.05, 0.1) is 32.4 Å². The highest BCUT2D eigenvalue weighted by Gasteiger charge is 2.33. The zero-order chi connectivity index (χ0) is 19.8. The number of hydrogen-bond acceptors (Lipinski definition) is 5. The molecule has 1 aliphatic rings. The van der Waals surface area contributed by atoms with Gasteiger partial charge in [0.2, 0.25) is 0 Å². The van der Waals surface area contributed by atoms with Crippen LogP contribution in [0.5, 0.6) is 0 Å². The second kappa shape index (κ2) is 7.35. The lowest BCUT2D eigenvalue weighted by molar-refractivity contribution is -0.113. The number of amides is 1. The number of thioether (sulfide) groups is 1. The Morgan fingerprint density at radius 1 is 1.14 bits per heavy atom. The van der Waals surface area contributed by atoms with Crippen LogP contribution in [0.15, 0.2) is 59.5 Å². The Labute approximate surface area is 174 Å². The molecule has 1 amide bonds. The topological polar surface area (TPSA) is 70.5 Å². The van der Waals surface area contributed by atoms with Crippen LogP contribution in [-0.4, -0.2) is 26.3 Å². The summed E-state index contributed by atoms with van der Waals surface area (Å²) in [4.78, 5) is 30.2. The summed E-state index contributed by atoms with van der Waals surface area (Å²) in [6.45, 7) is 0. The Balaban J connectivity index is 1.67. The van der Waals surface area contributed by atoms with Crippen molar-refractivity contribution in [2.24, 2.45) is 0 Å². The molecule has 1 saturated heterocycles. The van der Waals surface area contributed by atoms with Crippen molar-refractivity contribution < 1.29 is 14.7 Å². The molecule has 0 atom stereocenters. The summed E-state index contributed by atoms with van der Waals surface area (Å²) < 4.78 is 0.373. The molecule has 1 aromatic heterocycles. The fourth-order valence-corrected chi connectivity index (χ4v) is 4.29. The average Bonchev–Trinajstić information content (AvgIpc) is 2.96. The van der Waals surface area contributed by atoms with Gasteiger partial charge >= 0.3 is 5.97 Å². The van der Waals surface area contributed by atoms with Crippen LogP contribution in [0.1, 0.15) is 16.1 Å². The molecule has 1 aliphatic heterocycles. The Hall–Kier alpha value is -2.74. The Bertz CT molecular complexity index is 1180. The van der Waals surface area contributed by atoms with Crippen LogP contribution >= 0.6 is 35.6 Å². The SMILES string of the molecule is O=C(O)c1ccc(N2C(=O)/C(=C\c3ccc4cccc(Cl)c4n3)SC2=S)cc1. The van der Waals surface area contributed by atoms with Gasteiger partial charge in [-0.2, -0.15) is 0 Å². The Morgan fingerprint density at radius 3 is 2.61 bits per heavy atom. The van der Waals surface area contributed by atoms with Crippen LogP contribution in [0.2, 0.25) is 5.02 Å². The molecule has 2 aromatic carbocycles. The zero-order valence-electron chi connectivity index (χ0n) is 14.1. The number of carbonyl (C=O) groups excluding carboxylic acids is 1. The van der Waals surface area contributed by atoms with Gasteiger partial charge < -0.3 is 5.11 Å². The van der Waals surface area contributed by atoms with Crippen LogP contribution in [0.3, 0.4) is 0 Å². The molecule has 28 heavy (non-hydrogen) atoms. The molecule has 0 radical (unpaired) electrons.